The Morgan fingerprint density at radius 2 is 1.80 bits per heavy atom. The summed E-state index contributed by atoms with van der Waals surface area (Å²) >= 11 is 12.0. The fourth-order valence-electron chi connectivity index (χ4n) is 2.58. The summed E-state index contributed by atoms with van der Waals surface area (Å²) in [6.45, 7) is 3.29. The molecule has 0 aromatic heterocycles. The van der Waals surface area contributed by atoms with E-state index >= 15 is 0 Å². The van der Waals surface area contributed by atoms with E-state index in [4.69, 9.17) is 23.2 Å². The number of hydrogen-bond donors (Lipinski definition) is 2. The minimum atomic E-state index is -3.82. The van der Waals surface area contributed by atoms with Gasteiger partial charge in [0.25, 0.3) is 5.91 Å². The molecule has 2 amide bonds. The lowest BCUT2D eigenvalue weighted by molar-refractivity contribution is -0.114. The molecule has 0 bridgehead atoms. The van der Waals surface area contributed by atoms with Gasteiger partial charge in [-0.2, -0.15) is 0 Å². The lowest BCUT2D eigenvalue weighted by atomic mass is 10.1. The van der Waals surface area contributed by atoms with Crippen LogP contribution in [0.25, 0.3) is 0 Å². The van der Waals surface area contributed by atoms with Gasteiger partial charge in [-0.15, -0.1) is 0 Å². The topological polar surface area (TPSA) is 95.6 Å². The first-order chi connectivity index (χ1) is 14.0. The summed E-state index contributed by atoms with van der Waals surface area (Å²) in [6.07, 6.45) is 1.73. The Bertz CT molecular complexity index is 1040. The number of benzene rings is 2. The molecule has 2 rings (SSSR count). The van der Waals surface area contributed by atoms with Crippen molar-refractivity contribution >= 4 is 56.4 Å². The third kappa shape index (κ3) is 6.35. The van der Waals surface area contributed by atoms with Gasteiger partial charge in [0.05, 0.1) is 28.2 Å². The molecule has 162 valence electrons. The number of rotatable bonds is 8. The van der Waals surface area contributed by atoms with Crippen molar-refractivity contribution in [1.29, 1.82) is 0 Å². The van der Waals surface area contributed by atoms with Gasteiger partial charge in [-0.25, -0.2) is 8.42 Å². The molecule has 30 heavy (non-hydrogen) atoms. The number of halogens is 2. The molecule has 0 unspecified atom stereocenters. The van der Waals surface area contributed by atoms with Gasteiger partial charge >= 0.3 is 0 Å². The van der Waals surface area contributed by atoms with E-state index in [1.165, 1.54) is 18.2 Å². The molecule has 1 atom stereocenters. The van der Waals surface area contributed by atoms with Gasteiger partial charge in [-0.1, -0.05) is 42.3 Å². The highest BCUT2D eigenvalue weighted by atomic mass is 35.5. The van der Waals surface area contributed by atoms with Crippen molar-refractivity contribution in [3.8, 4) is 0 Å². The predicted octanol–water partition coefficient (Wildman–Crippen LogP) is 3.93. The number of nitrogens with zero attached hydrogens (tertiary/aromatic N) is 1. The molecule has 2 aromatic rings. The van der Waals surface area contributed by atoms with Crippen molar-refractivity contribution < 1.29 is 18.0 Å². The maximum Gasteiger partial charge on any atom is 0.253 e. The van der Waals surface area contributed by atoms with E-state index in [0.717, 1.165) is 17.0 Å². The lowest BCUT2D eigenvalue weighted by Crippen LogP contribution is -2.38. The molecule has 2 N–H and O–H groups in total. The Labute approximate surface area is 186 Å². The Kier molecular flexibility index (Phi) is 8.11. The Hall–Kier alpha value is -2.29. The molecule has 7 nitrogen and oxygen atoms in total. The SMILES string of the molecule is CC[C@H](C)NC(=O)c1ccccc1NC(=O)CN(c1ccc(Cl)cc1Cl)S(C)(=O)=O. The van der Waals surface area contributed by atoms with E-state index in [9.17, 15) is 18.0 Å². The largest absolute Gasteiger partial charge is 0.350 e. The lowest BCUT2D eigenvalue weighted by Gasteiger charge is -2.23. The molecular weight excluding hydrogens is 449 g/mol. The van der Waals surface area contributed by atoms with Crippen molar-refractivity contribution in [3.63, 3.8) is 0 Å². The minimum Gasteiger partial charge on any atom is -0.350 e. The highest BCUT2D eigenvalue weighted by Gasteiger charge is 2.24. The van der Waals surface area contributed by atoms with E-state index < -0.39 is 22.5 Å². The van der Waals surface area contributed by atoms with Crippen LogP contribution >= 0.6 is 23.2 Å². The second kappa shape index (κ2) is 10.1. The predicted molar refractivity (Wildman–Crippen MR) is 121 cm³/mol. The molecule has 0 fully saturated rings. The number of hydrogen-bond acceptors (Lipinski definition) is 4. The number of carbonyl (C=O) groups excluding carboxylic acids is 2. The highest BCUT2D eigenvalue weighted by Crippen LogP contribution is 2.30. The number of sulfonamides is 1. The smallest absolute Gasteiger partial charge is 0.253 e. The van der Waals surface area contributed by atoms with E-state index in [0.29, 0.717) is 5.02 Å². The fourth-order valence-corrected chi connectivity index (χ4v) is 4.01. The Balaban J connectivity index is 2.26. The number of anilines is 2. The first-order valence-corrected chi connectivity index (χ1v) is 11.8. The second-order valence-electron chi connectivity index (χ2n) is 6.74. The summed E-state index contributed by atoms with van der Waals surface area (Å²) in [5, 5.41) is 5.88. The quantitative estimate of drug-likeness (QED) is 0.609. The monoisotopic (exact) mass is 471 g/mol. The molecule has 0 saturated carbocycles. The molecule has 0 saturated heterocycles. The van der Waals surface area contributed by atoms with Gasteiger partial charge in [-0.3, -0.25) is 13.9 Å². The molecule has 0 aliphatic carbocycles. The van der Waals surface area contributed by atoms with Crippen LogP contribution in [-0.4, -0.2) is 39.1 Å². The van der Waals surface area contributed by atoms with Gasteiger partial charge in [0, 0.05) is 11.1 Å². The third-order valence-corrected chi connectivity index (χ3v) is 5.97. The molecular formula is C20H23Cl2N3O4S. The van der Waals surface area contributed by atoms with Gasteiger partial charge in [0.15, 0.2) is 0 Å². The zero-order valence-electron chi connectivity index (χ0n) is 16.8. The number of para-hydroxylation sites is 1. The average Bonchev–Trinajstić information content (AvgIpc) is 2.66. The molecule has 0 spiro atoms. The molecule has 10 heteroatoms. The van der Waals surface area contributed by atoms with Crippen molar-refractivity contribution in [1.82, 2.24) is 5.32 Å². The molecule has 0 heterocycles. The van der Waals surface area contributed by atoms with Crippen molar-refractivity contribution in [2.45, 2.75) is 26.3 Å². The third-order valence-electron chi connectivity index (χ3n) is 4.30. The van der Waals surface area contributed by atoms with Crippen molar-refractivity contribution in [2.75, 3.05) is 22.4 Å². The first-order valence-electron chi connectivity index (χ1n) is 9.15. The van der Waals surface area contributed by atoms with Gasteiger partial charge in [0.1, 0.15) is 6.54 Å². The highest BCUT2D eigenvalue weighted by molar-refractivity contribution is 7.92. The Morgan fingerprint density at radius 3 is 2.40 bits per heavy atom. The summed E-state index contributed by atoms with van der Waals surface area (Å²) < 4.78 is 25.4. The van der Waals surface area contributed by atoms with E-state index in [1.54, 1.807) is 24.3 Å². The van der Waals surface area contributed by atoms with E-state index in [-0.39, 0.29) is 33.9 Å². The van der Waals surface area contributed by atoms with Gasteiger partial charge in [-0.05, 0) is 43.7 Å². The van der Waals surface area contributed by atoms with Crippen molar-refractivity contribution in [3.05, 3.63) is 58.1 Å². The number of nitrogens with one attached hydrogen (secondary N) is 2. The molecule has 2 aromatic carbocycles. The summed E-state index contributed by atoms with van der Waals surface area (Å²) in [4.78, 5) is 25.2. The minimum absolute atomic E-state index is 0.0333. The maximum absolute atomic E-state index is 12.7. The van der Waals surface area contributed by atoms with Crippen LogP contribution < -0.4 is 14.9 Å². The Morgan fingerprint density at radius 1 is 1.13 bits per heavy atom. The molecule has 0 radical (unpaired) electrons. The molecule has 0 aliphatic heterocycles. The summed E-state index contributed by atoms with van der Waals surface area (Å²) in [5.74, 6) is -0.962. The number of carbonyl (C=O) groups is 2. The van der Waals surface area contributed by atoms with E-state index in [2.05, 4.69) is 10.6 Å². The average molecular weight is 472 g/mol. The van der Waals surface area contributed by atoms with Crippen LogP contribution in [0.1, 0.15) is 30.6 Å². The summed E-state index contributed by atoms with van der Waals surface area (Å²) in [5.41, 5.74) is 0.682. The fraction of sp³-hybridized carbons (Fsp3) is 0.300. The first kappa shape index (κ1) is 24.0. The molecule has 0 aliphatic rings. The number of amides is 2. The van der Waals surface area contributed by atoms with Crippen LogP contribution in [0.5, 0.6) is 0 Å². The van der Waals surface area contributed by atoms with Crippen molar-refractivity contribution in [2.24, 2.45) is 0 Å². The standard InChI is InChI=1S/C20H23Cl2N3O4S/c1-4-13(2)23-20(27)15-7-5-6-8-17(15)24-19(26)12-25(30(3,28)29)18-10-9-14(21)11-16(18)22/h5-11,13H,4,12H2,1-3H3,(H,23,27)(H,24,26)/t13-/m0/s1. The van der Waals surface area contributed by atoms with Crippen LogP contribution in [0.4, 0.5) is 11.4 Å². The van der Waals surface area contributed by atoms with Gasteiger partial charge in [0.2, 0.25) is 15.9 Å². The van der Waals surface area contributed by atoms with Crippen LogP contribution in [-0.2, 0) is 14.8 Å². The zero-order chi connectivity index (χ0) is 22.5. The normalized spacial score (nSPS) is 12.2. The van der Waals surface area contributed by atoms with Crippen LogP contribution in [0.3, 0.4) is 0 Å². The zero-order valence-corrected chi connectivity index (χ0v) is 19.1. The van der Waals surface area contributed by atoms with Crippen LogP contribution in [0.2, 0.25) is 10.0 Å². The summed E-state index contributed by atoms with van der Waals surface area (Å²) in [7, 11) is -3.82. The van der Waals surface area contributed by atoms with Gasteiger partial charge < -0.3 is 10.6 Å². The van der Waals surface area contributed by atoms with E-state index in [1.807, 2.05) is 13.8 Å². The summed E-state index contributed by atoms with van der Waals surface area (Å²) in [6, 6.07) is 10.8. The maximum atomic E-state index is 12.7. The second-order valence-corrected chi connectivity index (χ2v) is 9.49. The van der Waals surface area contributed by atoms with Crippen LogP contribution in [0, 0.1) is 0 Å². The van der Waals surface area contributed by atoms with Crippen LogP contribution in [0.15, 0.2) is 42.5 Å².